The normalized spacial score (nSPS) is 11.6. The number of aliphatic carboxylic acids is 1. The molecular weight excluding hydrogens is 178 g/mol. The molecule has 0 spiro atoms. The third-order valence-corrected chi connectivity index (χ3v) is 2.55. The second kappa shape index (κ2) is 6.82. The van der Waals surface area contributed by atoms with Crippen LogP contribution in [0.4, 0.5) is 0 Å². The zero-order valence-corrected chi connectivity index (χ0v) is 9.60. The van der Waals surface area contributed by atoms with Crippen LogP contribution in [0, 0.1) is 0 Å². The first-order chi connectivity index (χ1) is 6.48. The maximum Gasteiger partial charge on any atom is 0.303 e. The predicted molar refractivity (Wildman–Crippen MR) is 58.5 cm³/mol. The molecule has 0 aromatic carbocycles. The molecule has 0 aromatic heterocycles. The van der Waals surface area contributed by atoms with E-state index < -0.39 is 5.97 Å². The molecule has 0 aliphatic rings. The zero-order chi connectivity index (χ0) is 11.0. The van der Waals surface area contributed by atoms with Gasteiger partial charge in [-0.25, -0.2) is 0 Å². The molecule has 0 aliphatic carbocycles. The highest BCUT2D eigenvalue weighted by Crippen LogP contribution is 2.07. The highest BCUT2D eigenvalue weighted by molar-refractivity contribution is 5.66. The van der Waals surface area contributed by atoms with Crippen LogP contribution < -0.4 is 5.32 Å². The topological polar surface area (TPSA) is 49.3 Å². The standard InChI is InChI=1S/C11H23NO2/c1-4-11(2,3)12-9-7-5-6-8-10(13)14/h12H,4-9H2,1-3H3,(H,13,14). The summed E-state index contributed by atoms with van der Waals surface area (Å²) in [7, 11) is 0. The summed E-state index contributed by atoms with van der Waals surface area (Å²) >= 11 is 0. The van der Waals surface area contributed by atoms with Gasteiger partial charge < -0.3 is 10.4 Å². The van der Waals surface area contributed by atoms with Crippen molar-refractivity contribution in [2.75, 3.05) is 6.54 Å². The first-order valence-electron chi connectivity index (χ1n) is 5.45. The lowest BCUT2D eigenvalue weighted by Gasteiger charge is -2.24. The maximum atomic E-state index is 10.2. The minimum absolute atomic E-state index is 0.215. The van der Waals surface area contributed by atoms with E-state index in [-0.39, 0.29) is 5.54 Å². The lowest BCUT2D eigenvalue weighted by atomic mass is 10.0. The molecular formula is C11H23NO2. The van der Waals surface area contributed by atoms with E-state index >= 15 is 0 Å². The average Bonchev–Trinajstić information content (AvgIpc) is 2.10. The number of rotatable bonds is 8. The summed E-state index contributed by atoms with van der Waals surface area (Å²) in [5, 5.41) is 11.9. The van der Waals surface area contributed by atoms with Gasteiger partial charge in [-0.3, -0.25) is 4.79 Å². The van der Waals surface area contributed by atoms with Crippen LogP contribution >= 0.6 is 0 Å². The van der Waals surface area contributed by atoms with Crippen LogP contribution in [0.5, 0.6) is 0 Å². The second-order valence-corrected chi connectivity index (χ2v) is 4.37. The van der Waals surface area contributed by atoms with Gasteiger partial charge in [0.2, 0.25) is 0 Å². The first kappa shape index (κ1) is 13.4. The highest BCUT2D eigenvalue weighted by Gasteiger charge is 2.12. The van der Waals surface area contributed by atoms with Gasteiger partial charge in [-0.1, -0.05) is 13.3 Å². The molecule has 0 aromatic rings. The summed E-state index contributed by atoms with van der Waals surface area (Å²) in [6.07, 6.45) is 4.28. The van der Waals surface area contributed by atoms with Gasteiger partial charge in [0.25, 0.3) is 0 Å². The number of hydrogen-bond donors (Lipinski definition) is 2. The molecule has 0 aliphatic heterocycles. The fourth-order valence-electron chi connectivity index (χ4n) is 1.13. The number of carbonyl (C=O) groups is 1. The van der Waals surface area contributed by atoms with Crippen molar-refractivity contribution in [3.63, 3.8) is 0 Å². The van der Waals surface area contributed by atoms with E-state index in [9.17, 15) is 4.79 Å². The van der Waals surface area contributed by atoms with Crippen LogP contribution in [0.1, 0.15) is 52.9 Å². The van der Waals surface area contributed by atoms with E-state index in [0.29, 0.717) is 6.42 Å². The minimum Gasteiger partial charge on any atom is -0.481 e. The fraction of sp³-hybridized carbons (Fsp3) is 0.909. The number of hydrogen-bond acceptors (Lipinski definition) is 2. The van der Waals surface area contributed by atoms with Gasteiger partial charge in [-0.15, -0.1) is 0 Å². The van der Waals surface area contributed by atoms with Crippen molar-refractivity contribution in [1.82, 2.24) is 5.32 Å². The summed E-state index contributed by atoms with van der Waals surface area (Å²) in [6, 6.07) is 0. The largest absolute Gasteiger partial charge is 0.481 e. The van der Waals surface area contributed by atoms with Gasteiger partial charge in [0.15, 0.2) is 0 Å². The van der Waals surface area contributed by atoms with Gasteiger partial charge in [-0.05, 0) is 39.7 Å². The summed E-state index contributed by atoms with van der Waals surface area (Å²) in [5.74, 6) is -0.688. The second-order valence-electron chi connectivity index (χ2n) is 4.37. The monoisotopic (exact) mass is 201 g/mol. The van der Waals surface area contributed by atoms with Crippen molar-refractivity contribution in [1.29, 1.82) is 0 Å². The Morgan fingerprint density at radius 3 is 2.43 bits per heavy atom. The molecule has 0 saturated carbocycles. The Labute approximate surface area is 86.9 Å². The van der Waals surface area contributed by atoms with Crippen LogP contribution in [-0.4, -0.2) is 23.2 Å². The highest BCUT2D eigenvalue weighted by atomic mass is 16.4. The maximum absolute atomic E-state index is 10.2. The third-order valence-electron chi connectivity index (χ3n) is 2.55. The predicted octanol–water partition coefficient (Wildman–Crippen LogP) is 2.41. The Kier molecular flexibility index (Phi) is 6.54. The van der Waals surface area contributed by atoms with Crippen molar-refractivity contribution in [2.24, 2.45) is 0 Å². The molecule has 2 N–H and O–H groups in total. The molecule has 0 fully saturated rings. The molecule has 0 atom stereocenters. The molecule has 0 rings (SSSR count). The van der Waals surface area contributed by atoms with E-state index in [1.165, 1.54) is 0 Å². The first-order valence-corrected chi connectivity index (χ1v) is 5.45. The molecule has 0 radical (unpaired) electrons. The van der Waals surface area contributed by atoms with Gasteiger partial charge in [0.05, 0.1) is 0 Å². The average molecular weight is 201 g/mol. The SMILES string of the molecule is CCC(C)(C)NCCCCCC(=O)O. The van der Waals surface area contributed by atoms with Crippen molar-refractivity contribution < 1.29 is 9.90 Å². The van der Waals surface area contributed by atoms with Crippen LogP contribution in [0.25, 0.3) is 0 Å². The molecule has 14 heavy (non-hydrogen) atoms. The molecule has 84 valence electrons. The number of unbranched alkanes of at least 4 members (excludes halogenated alkanes) is 2. The van der Waals surface area contributed by atoms with E-state index in [2.05, 4.69) is 26.1 Å². The Morgan fingerprint density at radius 2 is 1.93 bits per heavy atom. The van der Waals surface area contributed by atoms with E-state index in [1.54, 1.807) is 0 Å². The smallest absolute Gasteiger partial charge is 0.303 e. The quantitative estimate of drug-likeness (QED) is 0.593. The Hall–Kier alpha value is -0.570. The van der Waals surface area contributed by atoms with Crippen LogP contribution in [0.2, 0.25) is 0 Å². The third kappa shape index (κ3) is 8.05. The van der Waals surface area contributed by atoms with Crippen molar-refractivity contribution in [3.05, 3.63) is 0 Å². The number of nitrogens with one attached hydrogen (secondary N) is 1. The van der Waals surface area contributed by atoms with Crippen molar-refractivity contribution in [2.45, 2.75) is 58.4 Å². The van der Waals surface area contributed by atoms with E-state index in [0.717, 1.165) is 32.2 Å². The van der Waals surface area contributed by atoms with Crippen LogP contribution in [0.15, 0.2) is 0 Å². The molecule has 3 heteroatoms. The molecule has 3 nitrogen and oxygen atoms in total. The minimum atomic E-state index is -0.688. The van der Waals surface area contributed by atoms with Gasteiger partial charge in [0, 0.05) is 12.0 Å². The fourth-order valence-corrected chi connectivity index (χ4v) is 1.13. The Balaban J connectivity index is 3.25. The lowest BCUT2D eigenvalue weighted by Crippen LogP contribution is -2.38. The zero-order valence-electron chi connectivity index (χ0n) is 9.60. The lowest BCUT2D eigenvalue weighted by molar-refractivity contribution is -0.137. The summed E-state index contributed by atoms with van der Waals surface area (Å²) < 4.78 is 0. The molecule has 0 amide bonds. The summed E-state index contributed by atoms with van der Waals surface area (Å²) in [6.45, 7) is 7.52. The van der Waals surface area contributed by atoms with Crippen molar-refractivity contribution >= 4 is 5.97 Å². The summed E-state index contributed by atoms with van der Waals surface area (Å²) in [5.41, 5.74) is 0.215. The Bertz CT molecular complexity index is 167. The summed E-state index contributed by atoms with van der Waals surface area (Å²) in [4.78, 5) is 10.2. The van der Waals surface area contributed by atoms with Gasteiger partial charge in [0.1, 0.15) is 0 Å². The number of carboxylic acids is 1. The molecule has 0 saturated heterocycles. The molecule has 0 bridgehead atoms. The van der Waals surface area contributed by atoms with Crippen molar-refractivity contribution in [3.8, 4) is 0 Å². The van der Waals surface area contributed by atoms with Crippen LogP contribution in [-0.2, 0) is 4.79 Å². The molecule has 0 heterocycles. The van der Waals surface area contributed by atoms with Crippen LogP contribution in [0.3, 0.4) is 0 Å². The van der Waals surface area contributed by atoms with Gasteiger partial charge >= 0.3 is 5.97 Å². The van der Waals surface area contributed by atoms with E-state index in [4.69, 9.17) is 5.11 Å². The van der Waals surface area contributed by atoms with Gasteiger partial charge in [-0.2, -0.15) is 0 Å². The molecule has 0 unspecified atom stereocenters. The Morgan fingerprint density at radius 1 is 1.29 bits per heavy atom. The van der Waals surface area contributed by atoms with E-state index in [1.807, 2.05) is 0 Å². The number of carboxylic acid groups (broad SMARTS) is 1.